The predicted octanol–water partition coefficient (Wildman–Crippen LogP) is 3.93. The zero-order valence-corrected chi connectivity index (χ0v) is 14.0. The van der Waals surface area contributed by atoms with E-state index >= 15 is 0 Å². The van der Waals surface area contributed by atoms with E-state index in [2.05, 4.69) is 12.1 Å². The Morgan fingerprint density at radius 1 is 0.913 bits per heavy atom. The van der Waals surface area contributed by atoms with E-state index in [1.165, 1.54) is 10.5 Å². The van der Waals surface area contributed by atoms with Crippen molar-refractivity contribution in [3.63, 3.8) is 0 Å². The van der Waals surface area contributed by atoms with E-state index in [9.17, 15) is 9.59 Å². The van der Waals surface area contributed by atoms with E-state index < -0.39 is 0 Å². The third-order valence-electron chi connectivity index (χ3n) is 3.66. The van der Waals surface area contributed by atoms with Gasteiger partial charge in [0.25, 0.3) is 11.8 Å². The van der Waals surface area contributed by atoms with Gasteiger partial charge in [0, 0.05) is 22.9 Å². The van der Waals surface area contributed by atoms with Crippen molar-refractivity contribution in [2.24, 2.45) is 0 Å². The van der Waals surface area contributed by atoms with Crippen LogP contribution in [0.1, 0.15) is 32.7 Å². The van der Waals surface area contributed by atoms with Crippen LogP contribution in [0, 0.1) is 0 Å². The van der Waals surface area contributed by atoms with Gasteiger partial charge >= 0.3 is 0 Å². The molecular formula is C18H15NO2S2. The first-order valence-electron chi connectivity index (χ1n) is 7.31. The van der Waals surface area contributed by atoms with Crippen LogP contribution < -0.4 is 0 Å². The molecule has 0 N–H and O–H groups in total. The van der Waals surface area contributed by atoms with Gasteiger partial charge in [-0.05, 0) is 17.7 Å². The molecule has 0 radical (unpaired) electrons. The first-order valence-corrected chi connectivity index (χ1v) is 8.71. The molecule has 0 aromatic heterocycles. The Balaban J connectivity index is 1.54. The fourth-order valence-corrected chi connectivity index (χ4v) is 3.48. The van der Waals surface area contributed by atoms with Gasteiger partial charge in [0.05, 0.1) is 11.1 Å². The SMILES string of the molecule is O=C1c2ccccc2C(=O)N1CCC(=S)SCc1ccccc1. The van der Waals surface area contributed by atoms with Crippen molar-refractivity contribution < 1.29 is 9.59 Å². The Hall–Kier alpha value is -1.98. The third-order valence-corrected chi connectivity index (χ3v) is 5.22. The average molecular weight is 341 g/mol. The van der Waals surface area contributed by atoms with Crippen LogP contribution in [-0.4, -0.2) is 27.5 Å². The summed E-state index contributed by atoms with van der Waals surface area (Å²) in [5, 5.41) is 0. The Labute approximate surface area is 144 Å². The van der Waals surface area contributed by atoms with Crippen LogP contribution in [0.3, 0.4) is 0 Å². The highest BCUT2D eigenvalue weighted by Crippen LogP contribution is 2.23. The highest BCUT2D eigenvalue weighted by atomic mass is 32.2. The largest absolute Gasteiger partial charge is 0.274 e. The third kappa shape index (κ3) is 3.51. The van der Waals surface area contributed by atoms with Crippen molar-refractivity contribution in [3.05, 3.63) is 71.3 Å². The molecule has 2 aromatic rings. The zero-order valence-electron chi connectivity index (χ0n) is 12.4. The van der Waals surface area contributed by atoms with Crippen LogP contribution in [0.15, 0.2) is 54.6 Å². The molecule has 1 heterocycles. The van der Waals surface area contributed by atoms with E-state index in [0.29, 0.717) is 24.1 Å². The van der Waals surface area contributed by atoms with Gasteiger partial charge in [-0.2, -0.15) is 0 Å². The van der Waals surface area contributed by atoms with Gasteiger partial charge in [-0.15, -0.1) is 11.8 Å². The predicted molar refractivity (Wildman–Crippen MR) is 96.8 cm³/mol. The molecule has 0 atom stereocenters. The zero-order chi connectivity index (χ0) is 16.2. The highest BCUT2D eigenvalue weighted by molar-refractivity contribution is 8.22. The number of carbonyl (C=O) groups is 2. The lowest BCUT2D eigenvalue weighted by molar-refractivity contribution is 0.0659. The van der Waals surface area contributed by atoms with E-state index in [-0.39, 0.29) is 11.8 Å². The monoisotopic (exact) mass is 341 g/mol. The summed E-state index contributed by atoms with van der Waals surface area (Å²) >= 11 is 6.95. The Bertz CT molecular complexity index is 724. The fourth-order valence-electron chi connectivity index (χ4n) is 2.46. The van der Waals surface area contributed by atoms with Crippen LogP contribution in [0.5, 0.6) is 0 Å². The number of hydrogen-bond donors (Lipinski definition) is 0. The molecule has 1 aliphatic heterocycles. The number of thiocarbonyl (C=S) groups is 1. The first-order chi connectivity index (χ1) is 11.2. The molecule has 0 bridgehead atoms. The van der Waals surface area contributed by atoms with Crippen LogP contribution in [0.25, 0.3) is 0 Å². The lowest BCUT2D eigenvalue weighted by Gasteiger charge is -2.13. The van der Waals surface area contributed by atoms with Gasteiger partial charge in [-0.3, -0.25) is 14.5 Å². The number of benzene rings is 2. The summed E-state index contributed by atoms with van der Waals surface area (Å²) in [6, 6.07) is 17.0. The number of amides is 2. The number of carbonyl (C=O) groups excluding carboxylic acids is 2. The smallest absolute Gasteiger partial charge is 0.261 e. The minimum Gasteiger partial charge on any atom is -0.274 e. The maximum Gasteiger partial charge on any atom is 0.261 e. The topological polar surface area (TPSA) is 37.4 Å². The van der Waals surface area contributed by atoms with E-state index in [0.717, 1.165) is 9.95 Å². The van der Waals surface area contributed by atoms with Crippen LogP contribution in [0.4, 0.5) is 0 Å². The number of imide groups is 1. The molecule has 0 saturated carbocycles. The van der Waals surface area contributed by atoms with E-state index in [1.807, 2.05) is 18.2 Å². The summed E-state index contributed by atoms with van der Waals surface area (Å²) in [4.78, 5) is 25.8. The molecule has 0 spiro atoms. The van der Waals surface area contributed by atoms with Crippen molar-refractivity contribution in [1.29, 1.82) is 0 Å². The second-order valence-electron chi connectivity index (χ2n) is 5.20. The normalized spacial score (nSPS) is 13.3. The lowest BCUT2D eigenvalue weighted by atomic mass is 10.1. The number of fused-ring (bicyclic) bond motifs is 1. The van der Waals surface area contributed by atoms with Crippen LogP contribution in [-0.2, 0) is 5.75 Å². The quantitative estimate of drug-likeness (QED) is 0.610. The first kappa shape index (κ1) is 15.9. The standard InChI is InChI=1S/C18H15NO2S2/c20-17-14-8-4-5-9-15(14)18(21)19(17)11-10-16(22)23-12-13-6-2-1-3-7-13/h1-9H,10-12H2. The van der Waals surface area contributed by atoms with Crippen molar-refractivity contribution in [2.45, 2.75) is 12.2 Å². The van der Waals surface area contributed by atoms with Gasteiger partial charge in [0.1, 0.15) is 0 Å². The molecule has 23 heavy (non-hydrogen) atoms. The number of thioether (sulfide) groups is 1. The summed E-state index contributed by atoms with van der Waals surface area (Å²) in [6.07, 6.45) is 0.540. The molecule has 5 heteroatoms. The number of hydrogen-bond acceptors (Lipinski definition) is 4. The summed E-state index contributed by atoms with van der Waals surface area (Å²) in [5.41, 5.74) is 2.18. The second-order valence-corrected chi connectivity index (χ2v) is 7.03. The molecule has 1 aliphatic rings. The Morgan fingerprint density at radius 3 is 2.09 bits per heavy atom. The molecule has 0 aliphatic carbocycles. The molecule has 3 rings (SSSR count). The molecule has 0 unspecified atom stereocenters. The number of nitrogens with zero attached hydrogens (tertiary/aromatic N) is 1. The fraction of sp³-hybridized carbons (Fsp3) is 0.167. The second kappa shape index (κ2) is 7.06. The highest BCUT2D eigenvalue weighted by Gasteiger charge is 2.34. The lowest BCUT2D eigenvalue weighted by Crippen LogP contribution is -2.31. The molecule has 0 saturated heterocycles. The Morgan fingerprint density at radius 2 is 1.48 bits per heavy atom. The van der Waals surface area contributed by atoms with E-state index in [4.69, 9.17) is 12.2 Å². The van der Waals surface area contributed by atoms with E-state index in [1.54, 1.807) is 36.0 Å². The molecule has 0 fully saturated rings. The minimum atomic E-state index is -0.221. The summed E-state index contributed by atoms with van der Waals surface area (Å²) in [6.45, 7) is 0.340. The van der Waals surface area contributed by atoms with Crippen LogP contribution >= 0.6 is 24.0 Å². The van der Waals surface area contributed by atoms with Gasteiger partial charge < -0.3 is 0 Å². The molecule has 3 nitrogen and oxygen atoms in total. The van der Waals surface area contributed by atoms with Crippen LogP contribution in [0.2, 0.25) is 0 Å². The average Bonchev–Trinajstić information content (AvgIpc) is 2.83. The molecule has 2 amide bonds. The maximum atomic E-state index is 12.3. The molecular weight excluding hydrogens is 326 g/mol. The molecule has 2 aromatic carbocycles. The number of rotatable bonds is 5. The van der Waals surface area contributed by atoms with Crippen molar-refractivity contribution in [1.82, 2.24) is 4.90 Å². The van der Waals surface area contributed by atoms with Gasteiger partial charge in [-0.1, -0.05) is 54.7 Å². The van der Waals surface area contributed by atoms with Gasteiger partial charge in [0.15, 0.2) is 0 Å². The van der Waals surface area contributed by atoms with Gasteiger partial charge in [0.2, 0.25) is 0 Å². The maximum absolute atomic E-state index is 12.3. The summed E-state index contributed by atoms with van der Waals surface area (Å²) in [7, 11) is 0. The van der Waals surface area contributed by atoms with Crippen molar-refractivity contribution in [3.8, 4) is 0 Å². The molecule has 116 valence electrons. The minimum absolute atomic E-state index is 0.221. The summed E-state index contributed by atoms with van der Waals surface area (Å²) < 4.78 is 0.811. The van der Waals surface area contributed by atoms with Gasteiger partial charge in [-0.25, -0.2) is 0 Å². The van der Waals surface area contributed by atoms with Crippen molar-refractivity contribution >= 4 is 40.0 Å². The Kier molecular flexibility index (Phi) is 4.88. The summed E-state index contributed by atoms with van der Waals surface area (Å²) in [5.74, 6) is 0.366. The van der Waals surface area contributed by atoms with Crippen molar-refractivity contribution in [2.75, 3.05) is 6.54 Å².